The van der Waals surface area contributed by atoms with E-state index in [1.807, 2.05) is 42.5 Å². The zero-order chi connectivity index (χ0) is 17.2. The van der Waals surface area contributed by atoms with Gasteiger partial charge in [0.25, 0.3) is 5.56 Å². The maximum absolute atomic E-state index is 12.6. The molecule has 3 aromatic rings. The second kappa shape index (κ2) is 6.86. The molecule has 4 rings (SSSR count). The van der Waals surface area contributed by atoms with Gasteiger partial charge in [-0.25, -0.2) is 9.67 Å². The Morgan fingerprint density at radius 2 is 1.92 bits per heavy atom. The van der Waals surface area contributed by atoms with Gasteiger partial charge in [0.2, 0.25) is 0 Å². The smallest absolute Gasteiger partial charge is 0.270 e. The minimum absolute atomic E-state index is 0.103. The molecule has 0 bridgehead atoms. The molecule has 0 unspecified atom stereocenters. The van der Waals surface area contributed by atoms with Crippen LogP contribution in [0, 0.1) is 0 Å². The van der Waals surface area contributed by atoms with Crippen LogP contribution in [0.1, 0.15) is 22.4 Å². The summed E-state index contributed by atoms with van der Waals surface area (Å²) in [6.45, 7) is 2.99. The third-order valence-corrected chi connectivity index (χ3v) is 4.80. The lowest BCUT2D eigenvalue weighted by Gasteiger charge is -2.25. The van der Waals surface area contributed by atoms with Crippen LogP contribution in [0.15, 0.2) is 53.5 Å². The summed E-state index contributed by atoms with van der Waals surface area (Å²) >= 11 is 5.84. The van der Waals surface area contributed by atoms with Gasteiger partial charge < -0.3 is 0 Å². The molecule has 0 radical (unpaired) electrons. The van der Waals surface area contributed by atoms with Crippen molar-refractivity contribution in [2.45, 2.75) is 26.1 Å². The fourth-order valence-electron chi connectivity index (χ4n) is 3.30. The van der Waals surface area contributed by atoms with Gasteiger partial charge in [-0.1, -0.05) is 48.0 Å². The first kappa shape index (κ1) is 16.1. The average molecular weight is 355 g/mol. The Hall–Kier alpha value is -2.37. The van der Waals surface area contributed by atoms with Crippen molar-refractivity contribution >= 4 is 11.6 Å². The summed E-state index contributed by atoms with van der Waals surface area (Å²) in [6, 6.07) is 13.8. The Balaban J connectivity index is 1.50. The van der Waals surface area contributed by atoms with E-state index in [2.05, 4.69) is 15.0 Å². The normalized spacial score (nSPS) is 14.4. The van der Waals surface area contributed by atoms with E-state index < -0.39 is 0 Å². The van der Waals surface area contributed by atoms with Crippen LogP contribution in [0.5, 0.6) is 0 Å². The fourth-order valence-corrected chi connectivity index (χ4v) is 3.42. The van der Waals surface area contributed by atoms with Gasteiger partial charge in [0.1, 0.15) is 5.15 Å². The Morgan fingerprint density at radius 1 is 1.08 bits per heavy atom. The number of H-pyrrole nitrogens is 1. The molecular formula is C19H19ClN4O. The summed E-state index contributed by atoms with van der Waals surface area (Å²) in [5, 5.41) is 3.81. The molecular weight excluding hydrogens is 336 g/mol. The topological polar surface area (TPSA) is 53.9 Å². The lowest BCUT2D eigenvalue weighted by Crippen LogP contribution is -2.31. The van der Waals surface area contributed by atoms with Crippen LogP contribution in [0.4, 0.5) is 0 Å². The molecule has 0 saturated carbocycles. The maximum Gasteiger partial charge on any atom is 0.270 e. The summed E-state index contributed by atoms with van der Waals surface area (Å²) in [7, 11) is 0. The molecule has 1 aromatic carbocycles. The molecule has 1 aliphatic heterocycles. The number of nitrogens with one attached hydrogen (secondary N) is 1. The Labute approximate surface area is 150 Å². The minimum atomic E-state index is 0.103. The standard InChI is InChI=1S/C19H19ClN4O/c20-18-7-6-15(10-21-18)11-23-9-8-16-17(13-23)22-24(19(16)25)12-14-4-2-1-3-5-14/h1-7,10,22H,8-9,11-13H2. The quantitative estimate of drug-likeness (QED) is 0.733. The predicted octanol–water partition coefficient (Wildman–Crippen LogP) is 2.83. The lowest BCUT2D eigenvalue weighted by atomic mass is 10.1. The minimum Gasteiger partial charge on any atom is -0.298 e. The van der Waals surface area contributed by atoms with E-state index in [9.17, 15) is 4.79 Å². The van der Waals surface area contributed by atoms with Crippen molar-refractivity contribution in [3.63, 3.8) is 0 Å². The molecule has 1 aliphatic rings. The molecule has 0 aliphatic carbocycles. The third-order valence-electron chi connectivity index (χ3n) is 4.58. The molecule has 1 N–H and O–H groups in total. The van der Waals surface area contributed by atoms with Crippen molar-refractivity contribution in [1.29, 1.82) is 0 Å². The van der Waals surface area contributed by atoms with Crippen molar-refractivity contribution < 1.29 is 0 Å². The van der Waals surface area contributed by atoms with Crippen molar-refractivity contribution in [2.75, 3.05) is 6.54 Å². The van der Waals surface area contributed by atoms with Gasteiger partial charge in [-0.2, -0.15) is 0 Å². The average Bonchev–Trinajstić information content (AvgIpc) is 2.93. The van der Waals surface area contributed by atoms with Crippen LogP contribution in [-0.2, 0) is 26.1 Å². The second-order valence-corrected chi connectivity index (χ2v) is 6.78. The van der Waals surface area contributed by atoms with E-state index in [-0.39, 0.29) is 5.56 Å². The number of aromatic nitrogens is 3. The van der Waals surface area contributed by atoms with Crippen molar-refractivity contribution in [3.8, 4) is 0 Å². The third kappa shape index (κ3) is 3.52. The van der Waals surface area contributed by atoms with Crippen LogP contribution in [0.3, 0.4) is 0 Å². The summed E-state index contributed by atoms with van der Waals surface area (Å²) in [5.41, 5.74) is 4.29. The molecule has 5 nitrogen and oxygen atoms in total. The van der Waals surface area contributed by atoms with E-state index in [0.29, 0.717) is 11.7 Å². The van der Waals surface area contributed by atoms with Gasteiger partial charge >= 0.3 is 0 Å². The van der Waals surface area contributed by atoms with Crippen molar-refractivity contribution in [1.82, 2.24) is 19.7 Å². The number of pyridine rings is 1. The van der Waals surface area contributed by atoms with E-state index in [4.69, 9.17) is 11.6 Å². The Kier molecular flexibility index (Phi) is 4.42. The molecule has 25 heavy (non-hydrogen) atoms. The molecule has 3 heterocycles. The molecule has 0 saturated heterocycles. The van der Waals surface area contributed by atoms with Crippen molar-refractivity contribution in [2.24, 2.45) is 0 Å². The number of fused-ring (bicyclic) bond motifs is 1. The van der Waals surface area contributed by atoms with Crippen LogP contribution in [-0.4, -0.2) is 26.2 Å². The first-order chi connectivity index (χ1) is 12.2. The van der Waals surface area contributed by atoms with Crippen LogP contribution < -0.4 is 5.56 Å². The molecule has 128 valence electrons. The molecule has 0 amide bonds. The SMILES string of the molecule is O=c1c2c([nH]n1Cc1ccccc1)CN(Cc1ccc(Cl)nc1)CC2. The van der Waals surface area contributed by atoms with Gasteiger partial charge in [0, 0.05) is 31.4 Å². The van der Waals surface area contributed by atoms with E-state index in [0.717, 1.165) is 48.4 Å². The summed E-state index contributed by atoms with van der Waals surface area (Å²) in [5.74, 6) is 0. The lowest BCUT2D eigenvalue weighted by molar-refractivity contribution is 0.241. The maximum atomic E-state index is 12.6. The monoisotopic (exact) mass is 354 g/mol. The molecule has 0 atom stereocenters. The number of rotatable bonds is 4. The highest BCUT2D eigenvalue weighted by Gasteiger charge is 2.22. The van der Waals surface area contributed by atoms with Gasteiger partial charge in [0.15, 0.2) is 0 Å². The van der Waals surface area contributed by atoms with Crippen LogP contribution >= 0.6 is 11.6 Å². The van der Waals surface area contributed by atoms with E-state index >= 15 is 0 Å². The zero-order valence-electron chi connectivity index (χ0n) is 13.8. The molecule has 6 heteroatoms. The molecule has 0 fully saturated rings. The highest BCUT2D eigenvalue weighted by molar-refractivity contribution is 6.29. The number of halogens is 1. The van der Waals surface area contributed by atoms with Gasteiger partial charge in [0.05, 0.1) is 12.2 Å². The second-order valence-electron chi connectivity index (χ2n) is 6.40. The summed E-state index contributed by atoms with van der Waals surface area (Å²) in [4.78, 5) is 19.1. The largest absolute Gasteiger partial charge is 0.298 e. The molecule has 0 spiro atoms. The summed E-state index contributed by atoms with van der Waals surface area (Å²) in [6.07, 6.45) is 2.58. The summed E-state index contributed by atoms with van der Waals surface area (Å²) < 4.78 is 1.72. The number of hydrogen-bond donors (Lipinski definition) is 1. The first-order valence-corrected chi connectivity index (χ1v) is 8.74. The highest BCUT2D eigenvalue weighted by Crippen LogP contribution is 2.17. The fraction of sp³-hybridized carbons (Fsp3) is 0.263. The van der Waals surface area contributed by atoms with Gasteiger partial charge in [-0.3, -0.25) is 14.8 Å². The van der Waals surface area contributed by atoms with Crippen LogP contribution in [0.25, 0.3) is 0 Å². The van der Waals surface area contributed by atoms with Gasteiger partial charge in [-0.15, -0.1) is 0 Å². The Bertz CT molecular complexity index is 915. The van der Waals surface area contributed by atoms with Crippen LogP contribution in [0.2, 0.25) is 5.15 Å². The predicted molar refractivity (Wildman–Crippen MR) is 97.7 cm³/mol. The van der Waals surface area contributed by atoms with E-state index in [1.165, 1.54) is 0 Å². The Morgan fingerprint density at radius 3 is 2.68 bits per heavy atom. The zero-order valence-corrected chi connectivity index (χ0v) is 14.5. The number of nitrogens with zero attached hydrogens (tertiary/aromatic N) is 3. The molecule has 2 aromatic heterocycles. The number of benzene rings is 1. The van der Waals surface area contributed by atoms with E-state index in [1.54, 1.807) is 10.9 Å². The highest BCUT2D eigenvalue weighted by atomic mass is 35.5. The van der Waals surface area contributed by atoms with Gasteiger partial charge in [-0.05, 0) is 23.6 Å². The number of hydrogen-bond acceptors (Lipinski definition) is 3. The first-order valence-electron chi connectivity index (χ1n) is 8.36. The van der Waals surface area contributed by atoms with Crippen molar-refractivity contribution in [3.05, 3.63) is 86.6 Å². The number of aromatic amines is 1.